The molecular weight excluding hydrogens is 298 g/mol. The van der Waals surface area contributed by atoms with Gasteiger partial charge in [0, 0.05) is 5.69 Å². The van der Waals surface area contributed by atoms with E-state index < -0.39 is 0 Å². The van der Waals surface area contributed by atoms with Crippen molar-refractivity contribution in [3.05, 3.63) is 54.1 Å². The fourth-order valence-electron chi connectivity index (χ4n) is 2.36. The molecule has 0 fully saturated rings. The molecule has 0 bridgehead atoms. The fourth-order valence-corrected chi connectivity index (χ4v) is 2.36. The Kier molecular flexibility index (Phi) is 6.98. The topological polar surface area (TPSA) is 30.5 Å². The van der Waals surface area contributed by atoms with Crippen LogP contribution in [0.15, 0.2) is 48.5 Å². The summed E-state index contributed by atoms with van der Waals surface area (Å²) in [7, 11) is 0. The molecule has 2 aromatic rings. The summed E-state index contributed by atoms with van der Waals surface area (Å²) in [5.41, 5.74) is 2.41. The van der Waals surface area contributed by atoms with Crippen molar-refractivity contribution < 1.29 is 9.47 Å². The average molecular weight is 327 g/mol. The highest BCUT2D eigenvalue weighted by Gasteiger charge is 2.05. The number of anilines is 1. The van der Waals surface area contributed by atoms with Crippen LogP contribution in [-0.4, -0.2) is 19.3 Å². The second-order valence-corrected chi connectivity index (χ2v) is 6.41. The molecule has 1 N–H and O–H groups in total. The molecule has 24 heavy (non-hydrogen) atoms. The van der Waals surface area contributed by atoms with E-state index >= 15 is 0 Å². The van der Waals surface area contributed by atoms with Crippen LogP contribution in [0.4, 0.5) is 5.69 Å². The molecule has 0 saturated carbocycles. The number of ether oxygens (including phenoxy) is 2. The van der Waals surface area contributed by atoms with Crippen molar-refractivity contribution in [3.63, 3.8) is 0 Å². The third-order valence-corrected chi connectivity index (χ3v) is 3.80. The van der Waals surface area contributed by atoms with Gasteiger partial charge < -0.3 is 14.8 Å². The van der Waals surface area contributed by atoms with E-state index in [1.807, 2.05) is 36.4 Å². The first-order valence-corrected chi connectivity index (χ1v) is 8.81. The Labute approximate surface area is 146 Å². The van der Waals surface area contributed by atoms with Crippen LogP contribution in [0.2, 0.25) is 0 Å². The number of hydrogen-bond acceptors (Lipinski definition) is 3. The van der Waals surface area contributed by atoms with Gasteiger partial charge >= 0.3 is 0 Å². The van der Waals surface area contributed by atoms with E-state index in [0.717, 1.165) is 36.8 Å². The van der Waals surface area contributed by atoms with Crippen molar-refractivity contribution in [3.8, 4) is 11.5 Å². The van der Waals surface area contributed by atoms with Gasteiger partial charge in [0.25, 0.3) is 0 Å². The van der Waals surface area contributed by atoms with Crippen molar-refractivity contribution in [2.45, 2.75) is 46.1 Å². The van der Waals surface area contributed by atoms with Crippen LogP contribution < -0.4 is 14.8 Å². The maximum atomic E-state index is 5.96. The highest BCUT2D eigenvalue weighted by atomic mass is 16.5. The lowest BCUT2D eigenvalue weighted by atomic mass is 10.0. The van der Waals surface area contributed by atoms with E-state index in [9.17, 15) is 0 Å². The molecule has 3 heteroatoms. The summed E-state index contributed by atoms with van der Waals surface area (Å²) in [6, 6.07) is 16.4. The second kappa shape index (κ2) is 9.21. The molecule has 0 heterocycles. The smallest absolute Gasteiger partial charge is 0.119 e. The molecule has 0 aliphatic heterocycles. The molecule has 3 nitrogen and oxygen atoms in total. The Morgan fingerprint density at radius 1 is 0.875 bits per heavy atom. The molecule has 0 amide bonds. The van der Waals surface area contributed by atoms with Crippen LogP contribution in [0.3, 0.4) is 0 Å². The monoisotopic (exact) mass is 327 g/mol. The number of hydrogen-bond donors (Lipinski definition) is 1. The van der Waals surface area contributed by atoms with Crippen LogP contribution in [0, 0.1) is 0 Å². The Hall–Kier alpha value is -2.16. The quantitative estimate of drug-likeness (QED) is 0.661. The first kappa shape index (κ1) is 18.2. The van der Waals surface area contributed by atoms with Crippen molar-refractivity contribution in [1.82, 2.24) is 0 Å². The zero-order valence-corrected chi connectivity index (χ0v) is 15.2. The Balaban J connectivity index is 1.79. The lowest BCUT2D eigenvalue weighted by Crippen LogP contribution is -2.22. The lowest BCUT2D eigenvalue weighted by Gasteiger charge is -2.17. The molecule has 0 aliphatic rings. The molecule has 0 aliphatic carbocycles. The summed E-state index contributed by atoms with van der Waals surface area (Å²) >= 11 is 0. The predicted molar refractivity (Wildman–Crippen MR) is 101 cm³/mol. The number of rotatable bonds is 9. The molecule has 2 rings (SSSR count). The van der Waals surface area contributed by atoms with Gasteiger partial charge in [0.05, 0.1) is 13.2 Å². The Morgan fingerprint density at radius 2 is 1.50 bits per heavy atom. The van der Waals surface area contributed by atoms with Crippen molar-refractivity contribution in [2.75, 3.05) is 18.5 Å². The summed E-state index contributed by atoms with van der Waals surface area (Å²) in [6.45, 7) is 10.1. The van der Waals surface area contributed by atoms with Crippen LogP contribution >= 0.6 is 0 Å². The summed E-state index contributed by atoms with van der Waals surface area (Å²) in [5.74, 6) is 2.37. The zero-order chi connectivity index (χ0) is 17.4. The highest BCUT2D eigenvalue weighted by Crippen LogP contribution is 2.20. The first-order chi connectivity index (χ1) is 11.6. The molecule has 0 aromatic heterocycles. The lowest BCUT2D eigenvalue weighted by molar-refractivity contribution is 0.234. The predicted octanol–water partition coefficient (Wildman–Crippen LogP) is 5.48. The highest BCUT2D eigenvalue weighted by molar-refractivity contribution is 5.46. The van der Waals surface area contributed by atoms with Crippen molar-refractivity contribution >= 4 is 5.69 Å². The SMILES string of the molecule is CCCOc1ccc(NCC(C)Oc2ccc(C(C)C)cc2)cc1. The van der Waals surface area contributed by atoms with E-state index in [1.54, 1.807) is 0 Å². The molecule has 2 aromatic carbocycles. The van der Waals surface area contributed by atoms with E-state index in [0.29, 0.717) is 5.92 Å². The molecular formula is C21H29NO2. The first-order valence-electron chi connectivity index (χ1n) is 8.81. The van der Waals surface area contributed by atoms with Crippen molar-refractivity contribution in [1.29, 1.82) is 0 Å². The Morgan fingerprint density at radius 3 is 2.08 bits per heavy atom. The van der Waals surface area contributed by atoms with Crippen LogP contribution in [0.1, 0.15) is 45.6 Å². The van der Waals surface area contributed by atoms with E-state index in [2.05, 4.69) is 45.1 Å². The van der Waals surface area contributed by atoms with Gasteiger partial charge in [-0.25, -0.2) is 0 Å². The van der Waals surface area contributed by atoms with Crippen LogP contribution in [-0.2, 0) is 0 Å². The van der Waals surface area contributed by atoms with E-state index in [-0.39, 0.29) is 6.10 Å². The second-order valence-electron chi connectivity index (χ2n) is 6.41. The van der Waals surface area contributed by atoms with Gasteiger partial charge in [-0.2, -0.15) is 0 Å². The summed E-state index contributed by atoms with van der Waals surface area (Å²) < 4.78 is 11.5. The number of nitrogens with one attached hydrogen (secondary N) is 1. The molecule has 1 unspecified atom stereocenters. The standard InChI is InChI=1S/C21H29NO2/c1-5-14-23-20-12-8-19(9-13-20)22-15-17(4)24-21-10-6-18(7-11-21)16(2)3/h6-13,16-17,22H,5,14-15H2,1-4H3. The van der Waals surface area contributed by atoms with Gasteiger partial charge in [-0.1, -0.05) is 32.9 Å². The Bertz CT molecular complexity index is 590. The van der Waals surface area contributed by atoms with Gasteiger partial charge in [0.15, 0.2) is 0 Å². The van der Waals surface area contributed by atoms with Gasteiger partial charge in [0.2, 0.25) is 0 Å². The largest absolute Gasteiger partial charge is 0.494 e. The summed E-state index contributed by atoms with van der Waals surface area (Å²) in [4.78, 5) is 0. The normalized spacial score (nSPS) is 12.0. The van der Waals surface area contributed by atoms with E-state index in [4.69, 9.17) is 9.47 Å². The van der Waals surface area contributed by atoms with Gasteiger partial charge in [-0.15, -0.1) is 0 Å². The maximum absolute atomic E-state index is 5.96. The fraction of sp³-hybridized carbons (Fsp3) is 0.429. The minimum Gasteiger partial charge on any atom is -0.494 e. The van der Waals surface area contributed by atoms with Gasteiger partial charge in [-0.3, -0.25) is 0 Å². The van der Waals surface area contributed by atoms with Crippen LogP contribution in [0.25, 0.3) is 0 Å². The third-order valence-electron chi connectivity index (χ3n) is 3.80. The maximum Gasteiger partial charge on any atom is 0.119 e. The minimum absolute atomic E-state index is 0.0888. The van der Waals surface area contributed by atoms with Gasteiger partial charge in [0.1, 0.15) is 17.6 Å². The summed E-state index contributed by atoms with van der Waals surface area (Å²) in [5, 5.41) is 3.40. The number of benzene rings is 2. The van der Waals surface area contributed by atoms with E-state index in [1.165, 1.54) is 5.56 Å². The molecule has 0 radical (unpaired) electrons. The third kappa shape index (κ3) is 5.80. The minimum atomic E-state index is 0.0888. The van der Waals surface area contributed by atoms with Gasteiger partial charge in [-0.05, 0) is 61.2 Å². The van der Waals surface area contributed by atoms with Crippen LogP contribution in [0.5, 0.6) is 11.5 Å². The van der Waals surface area contributed by atoms with Crippen molar-refractivity contribution in [2.24, 2.45) is 0 Å². The molecule has 0 spiro atoms. The zero-order valence-electron chi connectivity index (χ0n) is 15.2. The molecule has 1 atom stereocenters. The average Bonchev–Trinajstić information content (AvgIpc) is 2.59. The summed E-state index contributed by atoms with van der Waals surface area (Å²) in [6.07, 6.45) is 1.11. The molecule has 130 valence electrons. The molecule has 0 saturated heterocycles.